The summed E-state index contributed by atoms with van der Waals surface area (Å²) in [6.45, 7) is 7.55. The molecule has 0 aliphatic heterocycles. The monoisotopic (exact) mass is 140 g/mol. The number of hydrogen-bond donors (Lipinski definition) is 0. The molecule has 58 valence electrons. The van der Waals surface area contributed by atoms with Gasteiger partial charge >= 0.3 is 0 Å². The van der Waals surface area contributed by atoms with Crippen LogP contribution in [0.4, 0.5) is 0 Å². The van der Waals surface area contributed by atoms with Crippen LogP contribution in [0, 0.1) is 5.41 Å². The molecule has 0 aromatic heterocycles. The standard InChI is InChI=1S/C9H16O/c1-5-6-7-9(3,4)8(2)10/h6-7H,5H2,1-4H3/b7-6+. The van der Waals surface area contributed by atoms with Gasteiger partial charge in [0.1, 0.15) is 5.78 Å². The van der Waals surface area contributed by atoms with Crippen molar-refractivity contribution < 1.29 is 4.79 Å². The Morgan fingerprint density at radius 2 is 2.00 bits per heavy atom. The fraction of sp³-hybridized carbons (Fsp3) is 0.667. The summed E-state index contributed by atoms with van der Waals surface area (Å²) in [5, 5.41) is 0. The highest BCUT2D eigenvalue weighted by atomic mass is 16.1. The van der Waals surface area contributed by atoms with Crippen LogP contribution in [-0.2, 0) is 4.79 Å². The van der Waals surface area contributed by atoms with E-state index in [4.69, 9.17) is 0 Å². The van der Waals surface area contributed by atoms with Gasteiger partial charge in [-0.1, -0.05) is 19.1 Å². The van der Waals surface area contributed by atoms with Gasteiger partial charge in [-0.25, -0.2) is 0 Å². The maximum Gasteiger partial charge on any atom is 0.139 e. The van der Waals surface area contributed by atoms with E-state index in [1.165, 1.54) is 0 Å². The molecular formula is C9H16O. The van der Waals surface area contributed by atoms with Crippen molar-refractivity contribution in [3.63, 3.8) is 0 Å². The highest BCUT2D eigenvalue weighted by Gasteiger charge is 2.18. The topological polar surface area (TPSA) is 17.1 Å². The Bertz CT molecular complexity index is 143. The maximum atomic E-state index is 10.9. The molecule has 0 heterocycles. The highest BCUT2D eigenvalue weighted by Crippen LogP contribution is 2.17. The van der Waals surface area contributed by atoms with Crippen LogP contribution in [0.1, 0.15) is 34.1 Å². The van der Waals surface area contributed by atoms with E-state index in [0.717, 1.165) is 6.42 Å². The number of carbonyl (C=O) groups is 1. The summed E-state index contributed by atoms with van der Waals surface area (Å²) in [6.07, 6.45) is 4.99. The molecule has 0 aliphatic carbocycles. The minimum Gasteiger partial charge on any atom is -0.299 e. The molecule has 0 aromatic carbocycles. The smallest absolute Gasteiger partial charge is 0.139 e. The molecule has 0 atom stereocenters. The van der Waals surface area contributed by atoms with Crippen LogP contribution >= 0.6 is 0 Å². The fourth-order valence-corrected chi connectivity index (χ4v) is 0.530. The molecule has 0 bridgehead atoms. The molecule has 0 N–H and O–H groups in total. The van der Waals surface area contributed by atoms with Crippen LogP contribution in [-0.4, -0.2) is 5.78 Å². The van der Waals surface area contributed by atoms with Crippen LogP contribution in [0.3, 0.4) is 0 Å². The van der Waals surface area contributed by atoms with E-state index in [9.17, 15) is 4.79 Å². The third-order valence-corrected chi connectivity index (χ3v) is 1.68. The molecule has 0 saturated carbocycles. The molecule has 0 fully saturated rings. The molecule has 1 nitrogen and oxygen atoms in total. The number of Topliss-reactive ketones (excluding diaryl/α,β-unsaturated/α-hetero) is 1. The van der Waals surface area contributed by atoms with Crippen molar-refractivity contribution in [1.29, 1.82) is 0 Å². The lowest BCUT2D eigenvalue weighted by molar-refractivity contribution is -0.122. The summed E-state index contributed by atoms with van der Waals surface area (Å²) in [5.74, 6) is 0.220. The average molecular weight is 140 g/mol. The minimum absolute atomic E-state index is 0.220. The van der Waals surface area contributed by atoms with Crippen LogP contribution in [0.5, 0.6) is 0 Å². The Labute approximate surface area is 63.1 Å². The van der Waals surface area contributed by atoms with Crippen molar-refractivity contribution >= 4 is 5.78 Å². The van der Waals surface area contributed by atoms with E-state index >= 15 is 0 Å². The maximum absolute atomic E-state index is 10.9. The normalized spacial score (nSPS) is 12.4. The molecule has 0 amide bonds. The molecule has 0 spiro atoms. The van der Waals surface area contributed by atoms with E-state index in [1.807, 2.05) is 26.0 Å². The average Bonchev–Trinajstić information content (AvgIpc) is 1.84. The second-order valence-corrected chi connectivity index (χ2v) is 3.09. The van der Waals surface area contributed by atoms with Crippen molar-refractivity contribution in [3.05, 3.63) is 12.2 Å². The minimum atomic E-state index is -0.268. The van der Waals surface area contributed by atoms with Crippen LogP contribution in [0.2, 0.25) is 0 Å². The molecule has 0 aliphatic rings. The quantitative estimate of drug-likeness (QED) is 0.551. The zero-order valence-corrected chi connectivity index (χ0v) is 7.27. The van der Waals surface area contributed by atoms with Crippen molar-refractivity contribution in [2.24, 2.45) is 5.41 Å². The van der Waals surface area contributed by atoms with Gasteiger partial charge in [0.25, 0.3) is 0 Å². The summed E-state index contributed by atoms with van der Waals surface area (Å²) in [7, 11) is 0. The van der Waals surface area contributed by atoms with Crippen molar-refractivity contribution in [2.75, 3.05) is 0 Å². The molecule has 10 heavy (non-hydrogen) atoms. The Kier molecular flexibility index (Phi) is 3.34. The van der Waals surface area contributed by atoms with E-state index in [1.54, 1.807) is 6.92 Å². The first-order chi connectivity index (χ1) is 4.50. The molecular weight excluding hydrogens is 124 g/mol. The predicted octanol–water partition coefficient (Wildman–Crippen LogP) is 2.57. The lowest BCUT2D eigenvalue weighted by atomic mass is 9.88. The molecule has 0 unspecified atom stereocenters. The van der Waals surface area contributed by atoms with Gasteiger partial charge in [-0.15, -0.1) is 0 Å². The summed E-state index contributed by atoms with van der Waals surface area (Å²) in [4.78, 5) is 10.9. The second-order valence-electron chi connectivity index (χ2n) is 3.09. The number of carbonyl (C=O) groups excluding carboxylic acids is 1. The van der Waals surface area contributed by atoms with Crippen molar-refractivity contribution in [3.8, 4) is 0 Å². The van der Waals surface area contributed by atoms with Gasteiger partial charge in [0.15, 0.2) is 0 Å². The first-order valence-corrected chi connectivity index (χ1v) is 3.69. The first-order valence-electron chi connectivity index (χ1n) is 3.69. The summed E-state index contributed by atoms with van der Waals surface area (Å²) < 4.78 is 0. The van der Waals surface area contributed by atoms with Crippen LogP contribution in [0.25, 0.3) is 0 Å². The van der Waals surface area contributed by atoms with Gasteiger partial charge in [0.2, 0.25) is 0 Å². The second kappa shape index (κ2) is 3.55. The predicted molar refractivity (Wildman–Crippen MR) is 43.9 cm³/mol. The van der Waals surface area contributed by atoms with Gasteiger partial charge in [-0.05, 0) is 27.2 Å². The van der Waals surface area contributed by atoms with E-state index in [0.29, 0.717) is 0 Å². The first kappa shape index (κ1) is 9.41. The Hall–Kier alpha value is -0.590. The van der Waals surface area contributed by atoms with Gasteiger partial charge in [-0.3, -0.25) is 4.79 Å². The molecule has 0 rings (SSSR count). The molecule has 1 heteroatoms. The fourth-order valence-electron chi connectivity index (χ4n) is 0.530. The zero-order valence-electron chi connectivity index (χ0n) is 7.27. The largest absolute Gasteiger partial charge is 0.299 e. The number of ketones is 1. The van der Waals surface area contributed by atoms with E-state index in [2.05, 4.69) is 6.92 Å². The van der Waals surface area contributed by atoms with Crippen molar-refractivity contribution in [2.45, 2.75) is 34.1 Å². The van der Waals surface area contributed by atoms with Gasteiger partial charge in [-0.2, -0.15) is 0 Å². The lowest BCUT2D eigenvalue weighted by Crippen LogP contribution is -2.17. The zero-order chi connectivity index (χ0) is 8.20. The van der Waals surface area contributed by atoms with Crippen LogP contribution < -0.4 is 0 Å². The molecule has 0 saturated heterocycles. The SMILES string of the molecule is CC/C=C/C(C)(C)C(C)=O. The van der Waals surface area contributed by atoms with Gasteiger partial charge in [0, 0.05) is 5.41 Å². The Morgan fingerprint density at radius 1 is 1.50 bits per heavy atom. The Morgan fingerprint density at radius 3 is 2.30 bits per heavy atom. The summed E-state index contributed by atoms with van der Waals surface area (Å²) in [6, 6.07) is 0. The van der Waals surface area contributed by atoms with Crippen LogP contribution in [0.15, 0.2) is 12.2 Å². The van der Waals surface area contributed by atoms with Crippen molar-refractivity contribution in [1.82, 2.24) is 0 Å². The van der Waals surface area contributed by atoms with Gasteiger partial charge in [0.05, 0.1) is 0 Å². The third kappa shape index (κ3) is 2.81. The molecule has 0 aromatic rings. The molecule has 0 radical (unpaired) electrons. The highest BCUT2D eigenvalue weighted by molar-refractivity contribution is 5.83. The third-order valence-electron chi connectivity index (χ3n) is 1.68. The Balaban J connectivity index is 4.12. The lowest BCUT2D eigenvalue weighted by Gasteiger charge is -2.14. The number of allylic oxidation sites excluding steroid dienone is 2. The van der Waals surface area contributed by atoms with E-state index in [-0.39, 0.29) is 11.2 Å². The summed E-state index contributed by atoms with van der Waals surface area (Å²) >= 11 is 0. The van der Waals surface area contributed by atoms with E-state index < -0.39 is 0 Å². The number of hydrogen-bond acceptors (Lipinski definition) is 1. The number of rotatable bonds is 3. The summed E-state index contributed by atoms with van der Waals surface area (Å²) in [5.41, 5.74) is -0.268. The van der Waals surface area contributed by atoms with Gasteiger partial charge < -0.3 is 0 Å².